The summed E-state index contributed by atoms with van der Waals surface area (Å²) in [7, 11) is -2.45. The molecule has 0 aromatic heterocycles. The highest BCUT2D eigenvalue weighted by Crippen LogP contribution is 2.44. The van der Waals surface area contributed by atoms with Crippen molar-refractivity contribution in [1.82, 2.24) is 0 Å². The highest BCUT2D eigenvalue weighted by atomic mass is 28.4. The fourth-order valence-corrected chi connectivity index (χ4v) is 10.3. The van der Waals surface area contributed by atoms with Crippen LogP contribution in [0, 0.1) is 17.1 Å². The summed E-state index contributed by atoms with van der Waals surface area (Å²) in [4.78, 5) is 15.2. The zero-order valence-corrected chi connectivity index (χ0v) is 23.9. The van der Waals surface area contributed by atoms with Crippen LogP contribution < -0.4 is 19.7 Å². The van der Waals surface area contributed by atoms with Crippen molar-refractivity contribution in [3.05, 3.63) is 47.8 Å². The summed E-state index contributed by atoms with van der Waals surface area (Å²) in [6.07, 6.45) is -0.526. The summed E-state index contributed by atoms with van der Waals surface area (Å²) in [5.74, 6) is 0.0458. The van der Waals surface area contributed by atoms with E-state index in [1.54, 1.807) is 43.3 Å². The third kappa shape index (κ3) is 6.18. The van der Waals surface area contributed by atoms with Crippen LogP contribution in [0.1, 0.15) is 67.0 Å². The van der Waals surface area contributed by atoms with Gasteiger partial charge in [0, 0.05) is 17.3 Å². The average Bonchev–Trinajstić information content (AvgIpc) is 3.28. The largest absolute Gasteiger partial charge is 0.541 e. The van der Waals surface area contributed by atoms with Gasteiger partial charge in [-0.2, -0.15) is 10.1 Å². The molecule has 0 bridgehead atoms. The second-order valence-electron chi connectivity index (χ2n) is 10.0. The van der Waals surface area contributed by atoms with E-state index in [-0.39, 0.29) is 27.9 Å². The molecule has 1 fully saturated rings. The molecule has 1 aliphatic rings. The van der Waals surface area contributed by atoms with Crippen LogP contribution in [0.25, 0.3) is 0 Å². The minimum Gasteiger partial charge on any atom is -0.541 e. The van der Waals surface area contributed by atoms with E-state index in [0.29, 0.717) is 23.7 Å². The number of nitrogens with zero attached hydrogens (tertiary/aromatic N) is 2. The van der Waals surface area contributed by atoms with Crippen molar-refractivity contribution in [3.8, 4) is 17.6 Å². The minimum absolute atomic E-state index is 0.138. The van der Waals surface area contributed by atoms with Crippen LogP contribution in [0.15, 0.2) is 36.4 Å². The van der Waals surface area contributed by atoms with Crippen LogP contribution in [0.5, 0.6) is 11.5 Å². The standard InChI is InChI=1S/C27H38FN3O5Si/c1-9-32-23-14-24(27(28)26(15-23)35-37(17(2)3,18(4)5)19(6)7)25(16-29)30-21-10-12-22(13-11-21)31-33-20(8)34-36-31/h10-15,17-20,25,30H,9H2,1-8H3. The summed E-state index contributed by atoms with van der Waals surface area (Å²) in [6.45, 7) is 16.8. The number of hydrogen-bond donors (Lipinski definition) is 1. The molecule has 1 aliphatic heterocycles. The van der Waals surface area contributed by atoms with E-state index < -0.39 is 26.5 Å². The molecule has 10 heteroatoms. The third-order valence-corrected chi connectivity index (χ3v) is 12.7. The van der Waals surface area contributed by atoms with Crippen LogP contribution in [0.2, 0.25) is 16.6 Å². The highest BCUT2D eigenvalue weighted by molar-refractivity contribution is 6.78. The van der Waals surface area contributed by atoms with Gasteiger partial charge in [-0.25, -0.2) is 9.23 Å². The fraction of sp³-hybridized carbons (Fsp3) is 0.519. The molecule has 3 rings (SSSR count). The molecule has 2 atom stereocenters. The van der Waals surface area contributed by atoms with E-state index in [2.05, 4.69) is 52.9 Å². The van der Waals surface area contributed by atoms with Crippen molar-refractivity contribution >= 4 is 19.7 Å². The molecule has 2 aromatic rings. The lowest BCUT2D eigenvalue weighted by Gasteiger charge is -2.42. The van der Waals surface area contributed by atoms with E-state index >= 15 is 4.39 Å². The molecule has 2 aromatic carbocycles. The smallest absolute Gasteiger partial charge is 0.258 e. The van der Waals surface area contributed by atoms with E-state index in [1.807, 2.05) is 6.92 Å². The van der Waals surface area contributed by atoms with Crippen LogP contribution in [-0.2, 0) is 14.7 Å². The first-order valence-electron chi connectivity index (χ1n) is 12.7. The molecule has 0 amide bonds. The van der Waals surface area contributed by atoms with E-state index in [0.717, 1.165) is 5.23 Å². The molecule has 1 N–H and O–H groups in total. The van der Waals surface area contributed by atoms with Crippen molar-refractivity contribution in [2.45, 2.75) is 84.3 Å². The van der Waals surface area contributed by atoms with Gasteiger partial charge >= 0.3 is 0 Å². The van der Waals surface area contributed by atoms with Crippen LogP contribution in [0.3, 0.4) is 0 Å². The molecule has 0 aliphatic carbocycles. The Morgan fingerprint density at radius 1 is 1.08 bits per heavy atom. The van der Waals surface area contributed by atoms with Crippen molar-refractivity contribution in [2.75, 3.05) is 17.2 Å². The Kier molecular flexibility index (Phi) is 9.42. The normalized spacial score (nSPS) is 16.8. The van der Waals surface area contributed by atoms with Gasteiger partial charge in [0.25, 0.3) is 8.32 Å². The Morgan fingerprint density at radius 2 is 1.70 bits per heavy atom. The SMILES string of the molecule is CCOc1cc(O[Si](C(C)C)(C(C)C)C(C)C)c(F)c(C(C#N)Nc2ccc(N3OOC(C)O3)cc2)c1. The van der Waals surface area contributed by atoms with E-state index in [4.69, 9.17) is 23.9 Å². The topological polar surface area (TPSA) is 85.2 Å². The lowest BCUT2D eigenvalue weighted by atomic mass is 10.1. The molecule has 8 nitrogen and oxygen atoms in total. The van der Waals surface area contributed by atoms with Crippen LogP contribution in [0.4, 0.5) is 15.8 Å². The summed E-state index contributed by atoms with van der Waals surface area (Å²) >= 11 is 0. The van der Waals surface area contributed by atoms with Crippen molar-refractivity contribution in [1.29, 1.82) is 5.26 Å². The first-order chi connectivity index (χ1) is 17.5. The minimum atomic E-state index is -2.45. The molecule has 0 spiro atoms. The number of hydrogen-bond acceptors (Lipinski definition) is 8. The maximum absolute atomic E-state index is 16.1. The maximum Gasteiger partial charge on any atom is 0.258 e. The molecule has 0 radical (unpaired) electrons. The predicted octanol–water partition coefficient (Wildman–Crippen LogP) is 7.42. The number of benzene rings is 2. The monoisotopic (exact) mass is 531 g/mol. The molecule has 37 heavy (non-hydrogen) atoms. The Labute approximate surface area is 220 Å². The van der Waals surface area contributed by atoms with Gasteiger partial charge in [0.05, 0.1) is 18.4 Å². The Hall–Kier alpha value is -2.84. The lowest BCUT2D eigenvalue weighted by molar-refractivity contribution is -0.280. The summed E-state index contributed by atoms with van der Waals surface area (Å²) in [5.41, 5.74) is 2.15. The van der Waals surface area contributed by atoms with Gasteiger partial charge in [-0.15, -0.1) is 0 Å². The second kappa shape index (κ2) is 12.1. The van der Waals surface area contributed by atoms with E-state index in [1.165, 1.54) is 0 Å². The third-order valence-electron chi connectivity index (χ3n) is 6.67. The Morgan fingerprint density at radius 3 is 2.19 bits per heavy atom. The van der Waals surface area contributed by atoms with Gasteiger partial charge < -0.3 is 14.5 Å². The molecule has 1 heterocycles. The maximum atomic E-state index is 16.1. The van der Waals surface area contributed by atoms with Crippen LogP contribution in [-0.4, -0.2) is 21.2 Å². The first kappa shape index (κ1) is 28.7. The fourth-order valence-electron chi connectivity index (χ4n) is 5.07. The van der Waals surface area contributed by atoms with Gasteiger partial charge in [-0.05, 0) is 60.8 Å². The quantitative estimate of drug-likeness (QED) is 0.237. The van der Waals surface area contributed by atoms with Crippen molar-refractivity contribution in [2.24, 2.45) is 0 Å². The molecule has 0 saturated carbocycles. The Bertz CT molecular complexity index is 1070. The van der Waals surface area contributed by atoms with Crippen molar-refractivity contribution in [3.63, 3.8) is 0 Å². The molecule has 202 valence electrons. The van der Waals surface area contributed by atoms with Crippen LogP contribution >= 0.6 is 0 Å². The summed E-state index contributed by atoms with van der Waals surface area (Å²) < 4.78 is 28.5. The summed E-state index contributed by atoms with van der Waals surface area (Å²) in [6, 6.07) is 11.3. The van der Waals surface area contributed by atoms with Gasteiger partial charge in [0.15, 0.2) is 5.82 Å². The number of rotatable bonds is 11. The van der Waals surface area contributed by atoms with Gasteiger partial charge in [0.2, 0.25) is 6.29 Å². The first-order valence-corrected chi connectivity index (χ1v) is 14.9. The zero-order valence-electron chi connectivity index (χ0n) is 22.9. The number of nitriles is 1. The second-order valence-corrected chi connectivity index (χ2v) is 15.4. The van der Waals surface area contributed by atoms with Gasteiger partial charge in [-0.1, -0.05) is 51.8 Å². The average molecular weight is 532 g/mol. The predicted molar refractivity (Wildman–Crippen MR) is 143 cm³/mol. The Balaban J connectivity index is 1.95. The molecule has 1 saturated heterocycles. The highest BCUT2D eigenvalue weighted by Gasteiger charge is 2.47. The van der Waals surface area contributed by atoms with Crippen molar-refractivity contribution < 1.29 is 28.3 Å². The molecular formula is C27H38FN3O5Si. The number of anilines is 2. The number of halogens is 1. The van der Waals surface area contributed by atoms with E-state index in [9.17, 15) is 5.26 Å². The van der Waals surface area contributed by atoms with Gasteiger partial charge in [0.1, 0.15) is 17.5 Å². The van der Waals surface area contributed by atoms with Gasteiger partial charge in [-0.3, -0.25) is 0 Å². The number of nitrogens with one attached hydrogen (secondary N) is 1. The zero-order chi connectivity index (χ0) is 27.3. The molecule has 2 unspecified atom stereocenters. The lowest BCUT2D eigenvalue weighted by Crippen LogP contribution is -2.51. The molecular weight excluding hydrogens is 493 g/mol. The number of ether oxygens (including phenoxy) is 1. The summed E-state index contributed by atoms with van der Waals surface area (Å²) in [5, 5.41) is 14.3.